The molecule has 3 nitrogen and oxygen atoms in total. The van der Waals surface area contributed by atoms with E-state index >= 15 is 0 Å². The first-order valence-corrected chi connectivity index (χ1v) is 5.18. The highest BCUT2D eigenvalue weighted by Crippen LogP contribution is 2.24. The van der Waals surface area contributed by atoms with Crippen molar-refractivity contribution < 1.29 is 14.3 Å². The van der Waals surface area contributed by atoms with E-state index in [1.54, 1.807) is 31.4 Å². The number of carbonyl (C=O) groups excluding carboxylic acids is 1. The summed E-state index contributed by atoms with van der Waals surface area (Å²) >= 11 is 0. The second kappa shape index (κ2) is 6.01. The summed E-state index contributed by atoms with van der Waals surface area (Å²) in [5.74, 6) is 0.459. The van der Waals surface area contributed by atoms with Crippen LogP contribution in [0.5, 0.6) is 5.75 Å². The van der Waals surface area contributed by atoms with Crippen LogP contribution in [0.15, 0.2) is 37.4 Å². The number of rotatable bonds is 6. The lowest BCUT2D eigenvalue weighted by molar-refractivity contribution is 0.0720. The Morgan fingerprint density at radius 2 is 2.06 bits per heavy atom. The topological polar surface area (TPSA) is 35.5 Å². The number of hydrogen-bond donors (Lipinski definition) is 0. The number of carbonyl (C=O) groups is 1. The Kier molecular flexibility index (Phi) is 4.67. The highest BCUT2D eigenvalue weighted by atomic mass is 16.5. The number of methoxy groups -OCH3 is 2. The molecule has 0 fully saturated rings. The fourth-order valence-electron chi connectivity index (χ4n) is 1.61. The fraction of sp³-hybridized carbons (Fsp3) is 0.214. The normalized spacial score (nSPS) is 11.6. The van der Waals surface area contributed by atoms with Crippen molar-refractivity contribution in [1.82, 2.24) is 0 Å². The summed E-state index contributed by atoms with van der Waals surface area (Å²) < 4.78 is 10.2. The lowest BCUT2D eigenvalue weighted by Gasteiger charge is -2.13. The third-order valence-corrected chi connectivity index (χ3v) is 2.48. The molecule has 0 N–H and O–H groups in total. The zero-order valence-electron chi connectivity index (χ0n) is 10.1. The van der Waals surface area contributed by atoms with Gasteiger partial charge in [0.15, 0.2) is 5.78 Å². The van der Waals surface area contributed by atoms with Gasteiger partial charge in [-0.2, -0.15) is 0 Å². The molecule has 3 heteroatoms. The summed E-state index contributed by atoms with van der Waals surface area (Å²) in [4.78, 5) is 12.2. The number of Topliss-reactive ketones (excluding diaryl/α,β-unsaturated/α-hetero) is 1. The molecule has 0 saturated heterocycles. The monoisotopic (exact) mass is 232 g/mol. The van der Waals surface area contributed by atoms with Gasteiger partial charge in [0.1, 0.15) is 11.9 Å². The van der Waals surface area contributed by atoms with E-state index in [4.69, 9.17) is 9.47 Å². The van der Waals surface area contributed by atoms with Crippen molar-refractivity contribution >= 4 is 11.9 Å². The Morgan fingerprint density at radius 1 is 1.35 bits per heavy atom. The van der Waals surface area contributed by atoms with Crippen LogP contribution in [0.2, 0.25) is 0 Å². The minimum atomic E-state index is -0.652. The largest absolute Gasteiger partial charge is 0.496 e. The Bertz CT molecular complexity index is 435. The van der Waals surface area contributed by atoms with Crippen molar-refractivity contribution in [3.8, 4) is 5.75 Å². The molecule has 0 unspecified atom stereocenters. The van der Waals surface area contributed by atoms with Crippen LogP contribution >= 0.6 is 0 Å². The molecule has 1 aromatic rings. The Labute approximate surface area is 101 Å². The van der Waals surface area contributed by atoms with Crippen molar-refractivity contribution in [2.24, 2.45) is 0 Å². The molecule has 0 saturated carbocycles. The maximum Gasteiger partial charge on any atom is 0.196 e. The molecular formula is C14H16O3. The maximum absolute atomic E-state index is 12.2. The molecule has 0 aromatic heterocycles. The second-order valence-corrected chi connectivity index (χ2v) is 3.38. The van der Waals surface area contributed by atoms with Gasteiger partial charge in [0.25, 0.3) is 0 Å². The first-order chi connectivity index (χ1) is 8.19. The van der Waals surface area contributed by atoms with E-state index in [0.29, 0.717) is 16.9 Å². The standard InChI is InChI=1S/C14H16O3/c1-5-10-11(8-7-9-13(10)17-4)14(15)12(6-2)16-3/h5-9,12H,1-2H2,3-4H3/t12-/m1/s1. The van der Waals surface area contributed by atoms with Gasteiger partial charge in [-0.3, -0.25) is 4.79 Å². The lowest BCUT2D eigenvalue weighted by Crippen LogP contribution is -2.21. The molecule has 0 aliphatic carbocycles. The highest BCUT2D eigenvalue weighted by molar-refractivity contribution is 6.04. The zero-order chi connectivity index (χ0) is 12.8. The molecule has 0 bridgehead atoms. The lowest BCUT2D eigenvalue weighted by atomic mass is 9.99. The summed E-state index contributed by atoms with van der Waals surface area (Å²) in [6.45, 7) is 7.27. The number of hydrogen-bond acceptors (Lipinski definition) is 3. The first kappa shape index (κ1) is 13.2. The van der Waals surface area contributed by atoms with Crippen LogP contribution in [-0.4, -0.2) is 26.1 Å². The van der Waals surface area contributed by atoms with Crippen LogP contribution in [0.4, 0.5) is 0 Å². The zero-order valence-corrected chi connectivity index (χ0v) is 10.1. The Morgan fingerprint density at radius 3 is 2.53 bits per heavy atom. The molecular weight excluding hydrogens is 216 g/mol. The van der Waals surface area contributed by atoms with Gasteiger partial charge in [-0.15, -0.1) is 6.58 Å². The van der Waals surface area contributed by atoms with E-state index in [1.165, 1.54) is 13.2 Å². The fourth-order valence-corrected chi connectivity index (χ4v) is 1.61. The molecule has 17 heavy (non-hydrogen) atoms. The summed E-state index contributed by atoms with van der Waals surface area (Å²) in [6.07, 6.45) is 2.41. The van der Waals surface area contributed by atoms with Crippen LogP contribution in [0.3, 0.4) is 0 Å². The summed E-state index contributed by atoms with van der Waals surface area (Å²) in [5, 5.41) is 0. The summed E-state index contributed by atoms with van der Waals surface area (Å²) in [7, 11) is 3.02. The molecule has 1 aromatic carbocycles. The first-order valence-electron chi connectivity index (χ1n) is 5.18. The molecule has 1 rings (SSSR count). The minimum Gasteiger partial charge on any atom is -0.496 e. The summed E-state index contributed by atoms with van der Waals surface area (Å²) in [5.41, 5.74) is 1.19. The van der Waals surface area contributed by atoms with E-state index in [0.717, 1.165) is 0 Å². The van der Waals surface area contributed by atoms with Crippen molar-refractivity contribution in [3.05, 3.63) is 48.6 Å². The predicted octanol–water partition coefficient (Wildman–Crippen LogP) is 2.72. The van der Waals surface area contributed by atoms with Gasteiger partial charge in [-0.1, -0.05) is 30.9 Å². The van der Waals surface area contributed by atoms with E-state index < -0.39 is 6.10 Å². The smallest absolute Gasteiger partial charge is 0.196 e. The van der Waals surface area contributed by atoms with Gasteiger partial charge in [-0.05, 0) is 6.07 Å². The minimum absolute atomic E-state index is 0.156. The Balaban J connectivity index is 3.26. The van der Waals surface area contributed by atoms with E-state index in [1.807, 2.05) is 0 Å². The van der Waals surface area contributed by atoms with Gasteiger partial charge in [0.05, 0.1) is 7.11 Å². The van der Waals surface area contributed by atoms with Crippen LogP contribution in [0.25, 0.3) is 6.08 Å². The van der Waals surface area contributed by atoms with E-state index in [9.17, 15) is 4.79 Å². The second-order valence-electron chi connectivity index (χ2n) is 3.38. The molecule has 0 heterocycles. The molecule has 90 valence electrons. The Hall–Kier alpha value is -1.87. The van der Waals surface area contributed by atoms with Crippen molar-refractivity contribution in [3.63, 3.8) is 0 Å². The van der Waals surface area contributed by atoms with Gasteiger partial charge >= 0.3 is 0 Å². The third-order valence-electron chi connectivity index (χ3n) is 2.48. The van der Waals surface area contributed by atoms with Gasteiger partial charge < -0.3 is 9.47 Å². The van der Waals surface area contributed by atoms with Crippen LogP contribution in [-0.2, 0) is 4.74 Å². The predicted molar refractivity (Wildman–Crippen MR) is 68.4 cm³/mol. The van der Waals surface area contributed by atoms with E-state index in [-0.39, 0.29) is 5.78 Å². The van der Waals surface area contributed by atoms with Crippen LogP contribution in [0, 0.1) is 0 Å². The molecule has 0 amide bonds. The van der Waals surface area contributed by atoms with Crippen molar-refractivity contribution in [1.29, 1.82) is 0 Å². The molecule has 1 atom stereocenters. The van der Waals surface area contributed by atoms with E-state index in [2.05, 4.69) is 13.2 Å². The molecule has 0 aliphatic heterocycles. The highest BCUT2D eigenvalue weighted by Gasteiger charge is 2.20. The SMILES string of the molecule is C=Cc1c(OC)cccc1C(=O)[C@@H](C=C)OC. The molecule has 0 spiro atoms. The van der Waals surface area contributed by atoms with Crippen LogP contribution < -0.4 is 4.74 Å². The maximum atomic E-state index is 12.2. The number of ketones is 1. The molecule has 0 aliphatic rings. The average Bonchev–Trinajstić information content (AvgIpc) is 2.38. The van der Waals surface area contributed by atoms with Crippen molar-refractivity contribution in [2.45, 2.75) is 6.10 Å². The van der Waals surface area contributed by atoms with Gasteiger partial charge in [-0.25, -0.2) is 0 Å². The van der Waals surface area contributed by atoms with Crippen molar-refractivity contribution in [2.75, 3.05) is 14.2 Å². The quantitative estimate of drug-likeness (QED) is 0.559. The van der Waals surface area contributed by atoms with Crippen LogP contribution in [0.1, 0.15) is 15.9 Å². The molecule has 0 radical (unpaired) electrons. The number of benzene rings is 1. The van der Waals surface area contributed by atoms with Gasteiger partial charge in [0, 0.05) is 18.2 Å². The van der Waals surface area contributed by atoms with Gasteiger partial charge in [0.2, 0.25) is 0 Å². The average molecular weight is 232 g/mol. The third kappa shape index (κ3) is 2.63. The number of ether oxygens (including phenoxy) is 2. The summed E-state index contributed by atoms with van der Waals surface area (Å²) in [6, 6.07) is 5.26.